The molecular weight excluding hydrogens is 207 g/mol. The number of benzene rings is 1. The molecule has 1 unspecified atom stereocenters. The minimum atomic E-state index is -1.16. The third-order valence-corrected chi connectivity index (χ3v) is 2.02. The molecule has 4 heteroatoms. The van der Waals surface area contributed by atoms with Crippen LogP contribution in [0.25, 0.3) is 0 Å². The summed E-state index contributed by atoms with van der Waals surface area (Å²) in [6.07, 6.45) is -1.16. The summed E-state index contributed by atoms with van der Waals surface area (Å²) >= 11 is 5.72. The van der Waals surface area contributed by atoms with Gasteiger partial charge in [0.25, 0.3) is 0 Å². The number of esters is 1. The van der Waals surface area contributed by atoms with E-state index in [2.05, 4.69) is 4.74 Å². The first-order chi connectivity index (χ1) is 6.54. The summed E-state index contributed by atoms with van der Waals surface area (Å²) in [6, 6.07) is 4.36. The molecule has 0 N–H and O–H groups in total. The predicted octanol–water partition coefficient (Wildman–Crippen LogP) is 3.16. The van der Waals surface area contributed by atoms with Gasteiger partial charge in [-0.3, -0.25) is 0 Å². The number of carbonyl (C=O) groups excluding carboxylic acids is 1. The Kier molecular flexibility index (Phi) is 3.47. The van der Waals surface area contributed by atoms with E-state index in [-0.39, 0.29) is 5.56 Å². The first-order valence-electron chi connectivity index (χ1n) is 4.07. The molecule has 0 radical (unpaired) electrons. The normalized spacial score (nSPS) is 12.3. The number of methoxy groups -OCH3 is 1. The average molecular weight is 217 g/mol. The number of hydrogen-bond acceptors (Lipinski definition) is 2. The lowest BCUT2D eigenvalue weighted by atomic mass is 10.1. The van der Waals surface area contributed by atoms with Crippen LogP contribution in [0.1, 0.15) is 29.0 Å². The van der Waals surface area contributed by atoms with Gasteiger partial charge < -0.3 is 4.74 Å². The maximum absolute atomic E-state index is 13.0. The zero-order valence-corrected chi connectivity index (χ0v) is 8.64. The van der Waals surface area contributed by atoms with Crippen LogP contribution < -0.4 is 0 Å². The Bertz CT molecular complexity index is 350. The van der Waals surface area contributed by atoms with Crippen LogP contribution in [-0.4, -0.2) is 13.1 Å². The fourth-order valence-electron chi connectivity index (χ4n) is 1.08. The summed E-state index contributed by atoms with van der Waals surface area (Å²) in [7, 11) is 1.27. The molecule has 0 amide bonds. The highest BCUT2D eigenvalue weighted by atomic mass is 35.5. The van der Waals surface area contributed by atoms with Crippen molar-refractivity contribution in [3.8, 4) is 0 Å². The van der Waals surface area contributed by atoms with Crippen LogP contribution in [0.3, 0.4) is 0 Å². The van der Waals surface area contributed by atoms with Gasteiger partial charge in [0.05, 0.1) is 12.7 Å². The van der Waals surface area contributed by atoms with Gasteiger partial charge in [-0.1, -0.05) is 11.6 Å². The quantitative estimate of drug-likeness (QED) is 0.710. The summed E-state index contributed by atoms with van der Waals surface area (Å²) < 4.78 is 17.5. The zero-order chi connectivity index (χ0) is 10.7. The fourth-order valence-corrected chi connectivity index (χ4v) is 1.32. The van der Waals surface area contributed by atoms with E-state index in [0.717, 1.165) is 0 Å². The van der Waals surface area contributed by atoms with E-state index >= 15 is 0 Å². The summed E-state index contributed by atoms with van der Waals surface area (Å²) in [5.74, 6) is -0.519. The SMILES string of the molecule is COC(=O)c1cc(Cl)cc(C(C)F)c1. The van der Waals surface area contributed by atoms with Crippen LogP contribution in [0.15, 0.2) is 18.2 Å². The van der Waals surface area contributed by atoms with E-state index in [9.17, 15) is 9.18 Å². The van der Waals surface area contributed by atoms with Crippen molar-refractivity contribution >= 4 is 17.6 Å². The third-order valence-electron chi connectivity index (χ3n) is 1.80. The van der Waals surface area contributed by atoms with Crippen molar-refractivity contribution in [1.82, 2.24) is 0 Å². The molecule has 1 aromatic rings. The van der Waals surface area contributed by atoms with Gasteiger partial charge in [-0.15, -0.1) is 0 Å². The molecule has 76 valence electrons. The monoisotopic (exact) mass is 216 g/mol. The van der Waals surface area contributed by atoms with Crippen molar-refractivity contribution in [2.45, 2.75) is 13.1 Å². The summed E-state index contributed by atoms with van der Waals surface area (Å²) in [4.78, 5) is 11.1. The van der Waals surface area contributed by atoms with Gasteiger partial charge in [0.15, 0.2) is 0 Å². The minimum absolute atomic E-state index is 0.263. The molecular formula is C10H10ClFO2. The number of ether oxygens (including phenoxy) is 1. The van der Waals surface area contributed by atoms with Gasteiger partial charge in [0.1, 0.15) is 6.17 Å². The van der Waals surface area contributed by atoms with E-state index in [0.29, 0.717) is 10.6 Å². The van der Waals surface area contributed by atoms with Gasteiger partial charge >= 0.3 is 5.97 Å². The molecule has 0 heterocycles. The first-order valence-corrected chi connectivity index (χ1v) is 4.45. The lowest BCUT2D eigenvalue weighted by molar-refractivity contribution is 0.0600. The molecule has 0 bridgehead atoms. The average Bonchev–Trinajstić information content (AvgIpc) is 2.15. The van der Waals surface area contributed by atoms with Crippen LogP contribution in [0.5, 0.6) is 0 Å². The minimum Gasteiger partial charge on any atom is -0.465 e. The standard InChI is InChI=1S/C10H10ClFO2/c1-6(12)7-3-8(10(13)14-2)5-9(11)4-7/h3-6H,1-2H3. The van der Waals surface area contributed by atoms with Gasteiger partial charge in [-0.05, 0) is 30.7 Å². The van der Waals surface area contributed by atoms with Crippen LogP contribution in [0.4, 0.5) is 4.39 Å². The van der Waals surface area contributed by atoms with Crippen molar-refractivity contribution in [3.63, 3.8) is 0 Å². The summed E-state index contributed by atoms with van der Waals surface area (Å²) in [5.41, 5.74) is 0.636. The summed E-state index contributed by atoms with van der Waals surface area (Å²) in [5, 5.41) is 0.326. The maximum atomic E-state index is 13.0. The lowest BCUT2D eigenvalue weighted by Crippen LogP contribution is -2.02. The molecule has 0 aliphatic heterocycles. The Morgan fingerprint density at radius 3 is 2.64 bits per heavy atom. The number of rotatable bonds is 2. The van der Waals surface area contributed by atoms with Crippen molar-refractivity contribution < 1.29 is 13.9 Å². The number of alkyl halides is 1. The van der Waals surface area contributed by atoms with Crippen molar-refractivity contribution in [3.05, 3.63) is 34.3 Å². The van der Waals surface area contributed by atoms with E-state index in [1.54, 1.807) is 0 Å². The predicted molar refractivity (Wildman–Crippen MR) is 52.3 cm³/mol. The van der Waals surface area contributed by atoms with E-state index in [1.807, 2.05) is 0 Å². The molecule has 1 atom stereocenters. The van der Waals surface area contributed by atoms with Crippen molar-refractivity contribution in [2.24, 2.45) is 0 Å². The molecule has 2 nitrogen and oxygen atoms in total. The van der Waals surface area contributed by atoms with Crippen LogP contribution in [0.2, 0.25) is 5.02 Å². The highest BCUT2D eigenvalue weighted by molar-refractivity contribution is 6.31. The van der Waals surface area contributed by atoms with E-state index < -0.39 is 12.1 Å². The Balaban J connectivity index is 3.13. The van der Waals surface area contributed by atoms with Gasteiger partial charge in [0.2, 0.25) is 0 Å². The molecule has 14 heavy (non-hydrogen) atoms. The van der Waals surface area contributed by atoms with Gasteiger partial charge in [-0.2, -0.15) is 0 Å². The maximum Gasteiger partial charge on any atom is 0.337 e. The Labute approximate surface area is 86.6 Å². The second-order valence-electron chi connectivity index (χ2n) is 2.88. The zero-order valence-electron chi connectivity index (χ0n) is 7.88. The van der Waals surface area contributed by atoms with E-state index in [4.69, 9.17) is 11.6 Å². The molecule has 0 fully saturated rings. The first kappa shape index (κ1) is 11.0. The summed E-state index contributed by atoms with van der Waals surface area (Å²) in [6.45, 7) is 1.38. The Hall–Kier alpha value is -1.09. The van der Waals surface area contributed by atoms with E-state index in [1.165, 1.54) is 32.2 Å². The molecule has 1 rings (SSSR count). The largest absolute Gasteiger partial charge is 0.465 e. The van der Waals surface area contributed by atoms with Gasteiger partial charge in [-0.25, -0.2) is 9.18 Å². The second-order valence-corrected chi connectivity index (χ2v) is 3.32. The molecule has 1 aromatic carbocycles. The van der Waals surface area contributed by atoms with Crippen molar-refractivity contribution in [2.75, 3.05) is 7.11 Å². The number of halogens is 2. The van der Waals surface area contributed by atoms with Crippen LogP contribution in [-0.2, 0) is 4.74 Å². The Morgan fingerprint density at radius 1 is 1.50 bits per heavy atom. The molecule has 0 aliphatic carbocycles. The molecule has 0 saturated heterocycles. The fraction of sp³-hybridized carbons (Fsp3) is 0.300. The third kappa shape index (κ3) is 2.45. The smallest absolute Gasteiger partial charge is 0.337 e. The topological polar surface area (TPSA) is 26.3 Å². The lowest BCUT2D eigenvalue weighted by Gasteiger charge is -2.05. The molecule has 0 aliphatic rings. The van der Waals surface area contributed by atoms with Gasteiger partial charge in [0, 0.05) is 5.02 Å². The van der Waals surface area contributed by atoms with Crippen LogP contribution in [0, 0.1) is 0 Å². The van der Waals surface area contributed by atoms with Crippen LogP contribution >= 0.6 is 11.6 Å². The van der Waals surface area contributed by atoms with Crippen molar-refractivity contribution in [1.29, 1.82) is 0 Å². The number of carbonyl (C=O) groups is 1. The molecule has 0 spiro atoms. The highest BCUT2D eigenvalue weighted by Gasteiger charge is 2.11. The Morgan fingerprint density at radius 2 is 2.14 bits per heavy atom. The molecule has 0 aromatic heterocycles. The molecule has 0 saturated carbocycles. The highest BCUT2D eigenvalue weighted by Crippen LogP contribution is 2.22. The number of hydrogen-bond donors (Lipinski definition) is 0. The second kappa shape index (κ2) is 4.42.